The van der Waals surface area contributed by atoms with E-state index in [0.29, 0.717) is 12.3 Å². The molecule has 0 saturated carbocycles. The van der Waals surface area contributed by atoms with Gasteiger partial charge in [0.05, 0.1) is 5.69 Å². The summed E-state index contributed by atoms with van der Waals surface area (Å²) >= 11 is 0. The number of nitrogens with zero attached hydrogens (tertiary/aromatic N) is 2. The number of aromatic amines is 1. The van der Waals surface area contributed by atoms with E-state index in [0.717, 1.165) is 4.57 Å². The van der Waals surface area contributed by atoms with Gasteiger partial charge in [-0.1, -0.05) is 18.2 Å². The highest BCUT2D eigenvalue weighted by Crippen LogP contribution is 2.03. The van der Waals surface area contributed by atoms with Gasteiger partial charge in [0.15, 0.2) is 6.23 Å². The summed E-state index contributed by atoms with van der Waals surface area (Å²) < 4.78 is 7.55. The van der Waals surface area contributed by atoms with Gasteiger partial charge in [-0.05, 0) is 26.0 Å². The average molecular weight is 249 g/mol. The van der Waals surface area contributed by atoms with Crippen molar-refractivity contribution in [1.82, 2.24) is 14.3 Å². The van der Waals surface area contributed by atoms with Crippen molar-refractivity contribution in [2.75, 3.05) is 6.61 Å². The van der Waals surface area contributed by atoms with Crippen molar-refractivity contribution >= 4 is 0 Å². The first-order valence-electron chi connectivity index (χ1n) is 5.75. The molecule has 0 aliphatic carbocycles. The lowest BCUT2D eigenvalue weighted by molar-refractivity contribution is 0.0129. The zero-order chi connectivity index (χ0) is 13.1. The molecule has 2 rings (SSSR count). The molecule has 0 bridgehead atoms. The van der Waals surface area contributed by atoms with E-state index >= 15 is 0 Å². The first kappa shape index (κ1) is 12.4. The summed E-state index contributed by atoms with van der Waals surface area (Å²) in [6.07, 6.45) is -0.500. The molecule has 1 aromatic carbocycles. The van der Waals surface area contributed by atoms with Crippen LogP contribution >= 0.6 is 0 Å². The number of rotatable bonds is 4. The standard InChI is InChI=1S/C12H15N3O3/c1-3-18-9(2)15-12(17)14(11(16)13-15)10-7-5-4-6-8-10/h4-9H,3H2,1-2H3,(H,13,16). The van der Waals surface area contributed by atoms with Gasteiger partial charge in [0.2, 0.25) is 0 Å². The summed E-state index contributed by atoms with van der Waals surface area (Å²) in [7, 11) is 0. The zero-order valence-electron chi connectivity index (χ0n) is 10.3. The van der Waals surface area contributed by atoms with Crippen LogP contribution in [0.15, 0.2) is 39.9 Å². The van der Waals surface area contributed by atoms with Crippen molar-refractivity contribution in [3.05, 3.63) is 51.3 Å². The Labute approximate surface area is 103 Å². The zero-order valence-corrected chi connectivity index (χ0v) is 10.3. The highest BCUT2D eigenvalue weighted by atomic mass is 16.5. The van der Waals surface area contributed by atoms with E-state index in [1.165, 1.54) is 4.68 Å². The third-order valence-corrected chi connectivity index (χ3v) is 2.60. The molecule has 0 saturated heterocycles. The number of hydrogen-bond donors (Lipinski definition) is 1. The smallest absolute Gasteiger partial charge is 0.354 e. The molecule has 2 aromatic rings. The molecule has 0 radical (unpaired) electrons. The van der Waals surface area contributed by atoms with E-state index in [2.05, 4.69) is 5.10 Å². The summed E-state index contributed by atoms with van der Waals surface area (Å²) in [5.41, 5.74) is -0.379. The summed E-state index contributed by atoms with van der Waals surface area (Å²) in [5.74, 6) is 0. The molecule has 0 spiro atoms. The Morgan fingerprint density at radius 2 is 1.94 bits per heavy atom. The molecule has 6 nitrogen and oxygen atoms in total. The van der Waals surface area contributed by atoms with Crippen molar-refractivity contribution in [2.45, 2.75) is 20.1 Å². The van der Waals surface area contributed by atoms with Gasteiger partial charge in [0.25, 0.3) is 0 Å². The van der Waals surface area contributed by atoms with Crippen LogP contribution in [0.4, 0.5) is 0 Å². The average Bonchev–Trinajstić information content (AvgIpc) is 2.66. The first-order chi connectivity index (χ1) is 8.65. The maximum atomic E-state index is 12.1. The van der Waals surface area contributed by atoms with E-state index in [1.54, 1.807) is 31.2 Å². The highest BCUT2D eigenvalue weighted by molar-refractivity contribution is 5.30. The lowest BCUT2D eigenvalue weighted by Crippen LogP contribution is -2.29. The fourth-order valence-electron chi connectivity index (χ4n) is 1.76. The summed E-state index contributed by atoms with van der Waals surface area (Å²) in [6, 6.07) is 8.76. The monoisotopic (exact) mass is 249 g/mol. The number of para-hydroxylation sites is 1. The third kappa shape index (κ3) is 2.14. The predicted molar refractivity (Wildman–Crippen MR) is 67.0 cm³/mol. The molecule has 0 aliphatic heterocycles. The minimum Gasteiger partial charge on any atom is -0.357 e. The van der Waals surface area contributed by atoms with Gasteiger partial charge in [0.1, 0.15) is 0 Å². The van der Waals surface area contributed by atoms with Crippen molar-refractivity contribution in [1.29, 1.82) is 0 Å². The van der Waals surface area contributed by atoms with E-state index in [9.17, 15) is 9.59 Å². The summed E-state index contributed by atoms with van der Waals surface area (Å²) in [6.45, 7) is 4.00. The molecular weight excluding hydrogens is 234 g/mol. The minimum absolute atomic E-state index is 0.438. The van der Waals surface area contributed by atoms with E-state index in [1.807, 2.05) is 13.0 Å². The first-order valence-corrected chi connectivity index (χ1v) is 5.75. The predicted octanol–water partition coefficient (Wildman–Crippen LogP) is 0.882. The van der Waals surface area contributed by atoms with Crippen LogP contribution in [0.5, 0.6) is 0 Å². The third-order valence-electron chi connectivity index (χ3n) is 2.60. The fourth-order valence-corrected chi connectivity index (χ4v) is 1.76. The second-order valence-electron chi connectivity index (χ2n) is 3.80. The molecule has 1 unspecified atom stereocenters. The van der Waals surface area contributed by atoms with Crippen LogP contribution in [-0.4, -0.2) is 21.0 Å². The molecule has 1 aromatic heterocycles. The molecule has 1 atom stereocenters. The van der Waals surface area contributed by atoms with Crippen molar-refractivity contribution < 1.29 is 4.74 Å². The van der Waals surface area contributed by atoms with Gasteiger partial charge in [-0.2, -0.15) is 0 Å². The molecule has 96 valence electrons. The largest absolute Gasteiger partial charge is 0.357 e. The Kier molecular flexibility index (Phi) is 3.47. The number of hydrogen-bond acceptors (Lipinski definition) is 3. The van der Waals surface area contributed by atoms with Gasteiger partial charge in [0, 0.05) is 6.61 Å². The molecule has 1 heterocycles. The van der Waals surface area contributed by atoms with Crippen molar-refractivity contribution in [3.63, 3.8) is 0 Å². The van der Waals surface area contributed by atoms with E-state index in [4.69, 9.17) is 4.74 Å². The lowest BCUT2D eigenvalue weighted by atomic mass is 10.3. The lowest BCUT2D eigenvalue weighted by Gasteiger charge is -2.10. The Balaban J connectivity index is 2.52. The SMILES string of the molecule is CCOC(C)n1[nH]c(=O)n(-c2ccccc2)c1=O. The van der Waals surface area contributed by atoms with Crippen LogP contribution in [0, 0.1) is 0 Å². The molecule has 18 heavy (non-hydrogen) atoms. The van der Waals surface area contributed by atoms with Crippen LogP contribution in [0.2, 0.25) is 0 Å². The molecular formula is C12H15N3O3. The van der Waals surface area contributed by atoms with Crippen molar-refractivity contribution in [2.24, 2.45) is 0 Å². The quantitative estimate of drug-likeness (QED) is 0.874. The highest BCUT2D eigenvalue weighted by Gasteiger charge is 2.14. The number of ether oxygens (including phenoxy) is 1. The molecule has 6 heteroatoms. The van der Waals surface area contributed by atoms with E-state index < -0.39 is 17.6 Å². The van der Waals surface area contributed by atoms with Gasteiger partial charge in [-0.15, -0.1) is 0 Å². The van der Waals surface area contributed by atoms with Crippen LogP contribution < -0.4 is 11.4 Å². The Morgan fingerprint density at radius 3 is 2.56 bits per heavy atom. The molecule has 1 N–H and O–H groups in total. The van der Waals surface area contributed by atoms with Gasteiger partial charge in [-0.25, -0.2) is 23.9 Å². The van der Waals surface area contributed by atoms with Crippen LogP contribution in [0.25, 0.3) is 5.69 Å². The van der Waals surface area contributed by atoms with Crippen LogP contribution in [0.3, 0.4) is 0 Å². The number of aromatic nitrogens is 3. The van der Waals surface area contributed by atoms with Crippen LogP contribution in [0.1, 0.15) is 20.1 Å². The molecule has 0 amide bonds. The van der Waals surface area contributed by atoms with Crippen LogP contribution in [-0.2, 0) is 4.74 Å². The summed E-state index contributed by atoms with van der Waals surface area (Å²) in [5, 5.41) is 2.48. The maximum Gasteiger partial charge on any atom is 0.354 e. The number of benzene rings is 1. The topological polar surface area (TPSA) is 69.0 Å². The second kappa shape index (κ2) is 5.05. The molecule has 0 fully saturated rings. The normalized spacial score (nSPS) is 12.6. The molecule has 0 aliphatic rings. The van der Waals surface area contributed by atoms with Gasteiger partial charge < -0.3 is 4.74 Å². The van der Waals surface area contributed by atoms with E-state index in [-0.39, 0.29) is 0 Å². The Hall–Kier alpha value is -2.08. The minimum atomic E-state index is -0.500. The van der Waals surface area contributed by atoms with Crippen molar-refractivity contribution in [3.8, 4) is 5.69 Å². The van der Waals surface area contributed by atoms with Gasteiger partial charge >= 0.3 is 11.4 Å². The Bertz CT molecular complexity index is 624. The Morgan fingerprint density at radius 1 is 1.28 bits per heavy atom. The van der Waals surface area contributed by atoms with Gasteiger partial charge in [-0.3, -0.25) is 0 Å². The number of H-pyrrole nitrogens is 1. The summed E-state index contributed by atoms with van der Waals surface area (Å²) in [4.78, 5) is 23.9. The number of nitrogens with one attached hydrogen (secondary N) is 1. The fraction of sp³-hybridized carbons (Fsp3) is 0.333. The second-order valence-corrected chi connectivity index (χ2v) is 3.80. The maximum absolute atomic E-state index is 12.1.